The maximum absolute atomic E-state index is 13.1. The Labute approximate surface area is 176 Å². The largest absolute Gasteiger partial charge is 0.322 e. The fraction of sp³-hybridized carbons (Fsp3) is 0. The summed E-state index contributed by atoms with van der Waals surface area (Å²) in [5, 5.41) is 7.86. The normalized spacial score (nSPS) is 10.4. The van der Waals surface area contributed by atoms with Crippen molar-refractivity contribution in [2.75, 3.05) is 10.6 Å². The standard InChI is InChI=1S/C23H16FN3O2S/c24-17-11-9-16(10-12-17)23-27-20(14-30-23)22(29)26-19-8-4-7-18(13-19)25-21(28)15-5-2-1-3-6-15/h1-14H,(H,25,28)(H,26,29). The fourth-order valence-electron chi connectivity index (χ4n) is 2.77. The van der Waals surface area contributed by atoms with Crippen LogP contribution in [0, 0.1) is 5.82 Å². The summed E-state index contributed by atoms with van der Waals surface area (Å²) < 4.78 is 13.1. The molecule has 0 fully saturated rings. The number of aromatic nitrogens is 1. The first-order valence-corrected chi connectivity index (χ1v) is 9.96. The first-order chi connectivity index (χ1) is 14.6. The van der Waals surface area contributed by atoms with E-state index in [1.807, 2.05) is 6.07 Å². The van der Waals surface area contributed by atoms with Gasteiger partial charge in [0.25, 0.3) is 11.8 Å². The van der Waals surface area contributed by atoms with E-state index < -0.39 is 0 Å². The Kier molecular flexibility index (Phi) is 5.63. The van der Waals surface area contributed by atoms with Crippen LogP contribution in [-0.2, 0) is 0 Å². The third-order valence-corrected chi connectivity index (χ3v) is 5.13. The van der Waals surface area contributed by atoms with Crippen LogP contribution in [0.25, 0.3) is 10.6 Å². The van der Waals surface area contributed by atoms with Crippen LogP contribution in [-0.4, -0.2) is 16.8 Å². The van der Waals surface area contributed by atoms with Crippen molar-refractivity contribution in [3.8, 4) is 10.6 Å². The van der Waals surface area contributed by atoms with Crippen LogP contribution < -0.4 is 10.6 Å². The number of carbonyl (C=O) groups is 2. The van der Waals surface area contributed by atoms with E-state index in [9.17, 15) is 14.0 Å². The third kappa shape index (κ3) is 4.59. The lowest BCUT2D eigenvalue weighted by molar-refractivity contribution is 0.101. The number of benzene rings is 3. The summed E-state index contributed by atoms with van der Waals surface area (Å²) in [6.45, 7) is 0. The Morgan fingerprint density at radius 3 is 2.17 bits per heavy atom. The van der Waals surface area contributed by atoms with Crippen LogP contribution >= 0.6 is 11.3 Å². The predicted molar refractivity (Wildman–Crippen MR) is 116 cm³/mol. The van der Waals surface area contributed by atoms with Crippen molar-refractivity contribution >= 4 is 34.5 Å². The summed E-state index contributed by atoms with van der Waals surface area (Å²) in [4.78, 5) is 29.2. The Balaban J connectivity index is 1.44. The Morgan fingerprint density at radius 1 is 0.800 bits per heavy atom. The van der Waals surface area contributed by atoms with Crippen LogP contribution in [0.3, 0.4) is 0 Å². The molecule has 0 unspecified atom stereocenters. The minimum Gasteiger partial charge on any atom is -0.322 e. The highest BCUT2D eigenvalue weighted by atomic mass is 32.1. The molecule has 2 N–H and O–H groups in total. The molecule has 0 spiro atoms. The van der Waals surface area contributed by atoms with Crippen molar-refractivity contribution in [1.82, 2.24) is 4.98 Å². The minimum atomic E-state index is -0.369. The van der Waals surface area contributed by atoms with Gasteiger partial charge in [0.05, 0.1) is 0 Å². The van der Waals surface area contributed by atoms with Crippen LogP contribution in [0.4, 0.5) is 15.8 Å². The second-order valence-corrected chi connectivity index (χ2v) is 7.26. The van der Waals surface area contributed by atoms with E-state index in [-0.39, 0.29) is 23.3 Å². The van der Waals surface area contributed by atoms with Crippen molar-refractivity contribution in [3.05, 3.63) is 101 Å². The van der Waals surface area contributed by atoms with E-state index >= 15 is 0 Å². The van der Waals surface area contributed by atoms with E-state index in [2.05, 4.69) is 15.6 Å². The Bertz CT molecular complexity index is 1190. The molecule has 0 aliphatic heterocycles. The monoisotopic (exact) mass is 417 g/mol. The van der Waals surface area contributed by atoms with Gasteiger partial charge in [0.2, 0.25) is 0 Å². The molecule has 0 radical (unpaired) electrons. The molecule has 148 valence electrons. The predicted octanol–water partition coefficient (Wildman–Crippen LogP) is 5.45. The van der Waals surface area contributed by atoms with E-state index in [0.29, 0.717) is 21.9 Å². The molecule has 0 atom stereocenters. The smallest absolute Gasteiger partial charge is 0.275 e. The molecule has 1 heterocycles. The average Bonchev–Trinajstić information content (AvgIpc) is 3.26. The molecule has 4 aromatic rings. The van der Waals surface area contributed by atoms with Gasteiger partial charge in [-0.05, 0) is 54.6 Å². The lowest BCUT2D eigenvalue weighted by Crippen LogP contribution is -2.14. The number of halogens is 1. The zero-order valence-electron chi connectivity index (χ0n) is 15.6. The molecule has 30 heavy (non-hydrogen) atoms. The number of nitrogens with zero attached hydrogens (tertiary/aromatic N) is 1. The summed E-state index contributed by atoms with van der Waals surface area (Å²) in [7, 11) is 0. The lowest BCUT2D eigenvalue weighted by atomic mass is 10.2. The van der Waals surface area contributed by atoms with Gasteiger partial charge in [0.15, 0.2) is 0 Å². The Morgan fingerprint density at radius 2 is 1.47 bits per heavy atom. The minimum absolute atomic E-state index is 0.234. The summed E-state index contributed by atoms with van der Waals surface area (Å²) in [6.07, 6.45) is 0. The molecule has 0 bridgehead atoms. The van der Waals surface area contributed by atoms with Crippen molar-refractivity contribution in [2.24, 2.45) is 0 Å². The SMILES string of the molecule is O=C(Nc1cccc(NC(=O)c2csc(-c3ccc(F)cc3)n2)c1)c1ccccc1. The van der Waals surface area contributed by atoms with E-state index in [4.69, 9.17) is 0 Å². The zero-order chi connectivity index (χ0) is 20.9. The van der Waals surface area contributed by atoms with Gasteiger partial charge >= 0.3 is 0 Å². The molecule has 5 nitrogen and oxygen atoms in total. The fourth-order valence-corrected chi connectivity index (χ4v) is 3.57. The number of carbonyl (C=O) groups excluding carboxylic acids is 2. The van der Waals surface area contributed by atoms with E-state index in [1.54, 1.807) is 66.0 Å². The third-order valence-electron chi connectivity index (χ3n) is 4.24. The number of hydrogen-bond donors (Lipinski definition) is 2. The topological polar surface area (TPSA) is 71.1 Å². The van der Waals surface area contributed by atoms with Crippen molar-refractivity contribution in [1.29, 1.82) is 0 Å². The second-order valence-electron chi connectivity index (χ2n) is 6.40. The van der Waals surface area contributed by atoms with Crippen LogP contribution in [0.1, 0.15) is 20.8 Å². The van der Waals surface area contributed by atoms with Crippen molar-refractivity contribution in [2.45, 2.75) is 0 Å². The van der Waals surface area contributed by atoms with Gasteiger partial charge in [-0.1, -0.05) is 24.3 Å². The van der Waals surface area contributed by atoms with E-state index in [1.165, 1.54) is 23.5 Å². The van der Waals surface area contributed by atoms with Crippen LogP contribution in [0.5, 0.6) is 0 Å². The number of thiazole rings is 1. The number of hydrogen-bond acceptors (Lipinski definition) is 4. The number of rotatable bonds is 5. The van der Waals surface area contributed by atoms with E-state index in [0.717, 1.165) is 5.56 Å². The molecule has 0 aliphatic carbocycles. The molecule has 0 saturated carbocycles. The molecule has 0 aliphatic rings. The first-order valence-electron chi connectivity index (χ1n) is 9.08. The highest BCUT2D eigenvalue weighted by molar-refractivity contribution is 7.13. The highest BCUT2D eigenvalue weighted by Crippen LogP contribution is 2.24. The van der Waals surface area contributed by atoms with Gasteiger partial charge in [-0.25, -0.2) is 9.37 Å². The average molecular weight is 417 g/mol. The molecule has 1 aromatic heterocycles. The molecular weight excluding hydrogens is 401 g/mol. The summed E-state index contributed by atoms with van der Waals surface area (Å²) in [5.74, 6) is -0.929. The Hall–Kier alpha value is -3.84. The highest BCUT2D eigenvalue weighted by Gasteiger charge is 2.13. The molecule has 7 heteroatoms. The maximum Gasteiger partial charge on any atom is 0.275 e. The van der Waals surface area contributed by atoms with Gasteiger partial charge < -0.3 is 10.6 Å². The maximum atomic E-state index is 13.1. The van der Waals surface area contributed by atoms with Crippen molar-refractivity contribution in [3.63, 3.8) is 0 Å². The van der Waals surface area contributed by atoms with Crippen molar-refractivity contribution < 1.29 is 14.0 Å². The van der Waals surface area contributed by atoms with Gasteiger partial charge in [-0.15, -0.1) is 11.3 Å². The van der Waals surface area contributed by atoms with Gasteiger partial charge in [0, 0.05) is 27.9 Å². The molecular formula is C23H16FN3O2S. The first kappa shape index (κ1) is 19.5. The quantitative estimate of drug-likeness (QED) is 0.453. The summed E-state index contributed by atoms with van der Waals surface area (Å²) in [5.41, 5.74) is 2.64. The van der Waals surface area contributed by atoms with Gasteiger partial charge in [-0.3, -0.25) is 9.59 Å². The summed E-state index contributed by atoms with van der Waals surface area (Å²) >= 11 is 1.31. The molecule has 3 aromatic carbocycles. The molecule has 4 rings (SSSR count). The molecule has 2 amide bonds. The van der Waals surface area contributed by atoms with Crippen LogP contribution in [0.2, 0.25) is 0 Å². The number of amides is 2. The number of anilines is 2. The van der Waals surface area contributed by atoms with Gasteiger partial charge in [0.1, 0.15) is 16.5 Å². The van der Waals surface area contributed by atoms with Gasteiger partial charge in [-0.2, -0.15) is 0 Å². The number of nitrogens with one attached hydrogen (secondary N) is 2. The summed E-state index contributed by atoms with van der Waals surface area (Å²) in [6, 6.07) is 21.7. The molecule has 0 saturated heterocycles. The van der Waals surface area contributed by atoms with Crippen LogP contribution in [0.15, 0.2) is 84.2 Å². The second kappa shape index (κ2) is 8.67. The lowest BCUT2D eigenvalue weighted by Gasteiger charge is -2.08. The zero-order valence-corrected chi connectivity index (χ0v) is 16.4.